The van der Waals surface area contributed by atoms with E-state index in [1.165, 1.54) is 43.8 Å². The Kier molecular flexibility index (Phi) is 8.45. The first-order valence-corrected chi connectivity index (χ1v) is 12.5. The first-order chi connectivity index (χ1) is 15.8. The third-order valence-electron chi connectivity index (χ3n) is 5.55. The summed E-state index contributed by atoms with van der Waals surface area (Å²) in [6.07, 6.45) is 3.63. The van der Waals surface area contributed by atoms with Gasteiger partial charge in [-0.25, -0.2) is 8.42 Å². The van der Waals surface area contributed by atoms with E-state index < -0.39 is 15.9 Å². The third-order valence-corrected chi connectivity index (χ3v) is 7.93. The minimum atomic E-state index is -3.79. The summed E-state index contributed by atoms with van der Waals surface area (Å²) in [6, 6.07) is 7.76. The van der Waals surface area contributed by atoms with Crippen LogP contribution in [-0.4, -0.2) is 53.0 Å². The van der Waals surface area contributed by atoms with Gasteiger partial charge in [0.05, 0.1) is 26.4 Å². The highest BCUT2D eigenvalue weighted by atomic mass is 35.5. The molecule has 180 valence electrons. The van der Waals surface area contributed by atoms with E-state index >= 15 is 0 Å². The summed E-state index contributed by atoms with van der Waals surface area (Å²) in [5, 5.41) is 2.90. The molecule has 0 radical (unpaired) electrons. The highest BCUT2D eigenvalue weighted by molar-refractivity contribution is 7.89. The molecule has 1 aliphatic rings. The number of nitrogens with one attached hydrogen (secondary N) is 1. The van der Waals surface area contributed by atoms with Crippen LogP contribution in [0, 0.1) is 0 Å². The van der Waals surface area contributed by atoms with Gasteiger partial charge in [0.25, 0.3) is 5.91 Å². The topological polar surface area (TPSA) is 94.2 Å². The average Bonchev–Trinajstić information content (AvgIpc) is 3.12. The number of carbonyl (C=O) groups is 1. The lowest BCUT2D eigenvalue weighted by Gasteiger charge is -2.21. The zero-order valence-electron chi connectivity index (χ0n) is 19.0. The number of nitrogens with zero attached hydrogens (tertiary/aromatic N) is 1. The van der Waals surface area contributed by atoms with Gasteiger partial charge in [-0.15, -0.1) is 0 Å². The monoisotopic (exact) mass is 496 g/mol. The van der Waals surface area contributed by atoms with Crippen LogP contribution < -0.4 is 19.5 Å². The SMILES string of the molecule is COc1cc(CNC(=O)c2ccc(Cl)c(S(=O)(=O)N3CCCCCC3)c2)cc(OC)c1OC. The second-order valence-corrected chi connectivity index (χ2v) is 9.99. The van der Waals surface area contributed by atoms with Crippen molar-refractivity contribution in [2.24, 2.45) is 0 Å². The molecule has 3 rings (SSSR count). The van der Waals surface area contributed by atoms with Gasteiger partial charge >= 0.3 is 0 Å². The van der Waals surface area contributed by atoms with E-state index in [0.717, 1.165) is 31.2 Å². The molecule has 33 heavy (non-hydrogen) atoms. The minimum Gasteiger partial charge on any atom is -0.493 e. The van der Waals surface area contributed by atoms with Crippen molar-refractivity contribution in [3.05, 3.63) is 46.5 Å². The molecular formula is C23H29ClN2O6S. The standard InChI is InChI=1S/C23H29ClN2O6S/c1-30-19-12-16(13-20(31-2)22(19)32-3)15-25-23(27)17-8-9-18(24)21(14-17)33(28,29)26-10-6-4-5-7-11-26/h8-9,12-14H,4-7,10-11,15H2,1-3H3,(H,25,27). The molecule has 1 aliphatic heterocycles. The largest absolute Gasteiger partial charge is 0.493 e. The van der Waals surface area contributed by atoms with Gasteiger partial charge < -0.3 is 19.5 Å². The molecule has 0 unspecified atom stereocenters. The van der Waals surface area contributed by atoms with Gasteiger partial charge in [0, 0.05) is 25.2 Å². The fraction of sp³-hybridized carbons (Fsp3) is 0.435. The van der Waals surface area contributed by atoms with Gasteiger partial charge in [0.15, 0.2) is 11.5 Å². The molecular weight excluding hydrogens is 468 g/mol. The van der Waals surface area contributed by atoms with E-state index in [9.17, 15) is 13.2 Å². The number of sulfonamides is 1. The summed E-state index contributed by atoms with van der Waals surface area (Å²) >= 11 is 6.24. The summed E-state index contributed by atoms with van der Waals surface area (Å²) < 4.78 is 43.8. The summed E-state index contributed by atoms with van der Waals surface area (Å²) in [7, 11) is 0.750. The third kappa shape index (κ3) is 5.72. The van der Waals surface area contributed by atoms with Crippen LogP contribution in [0.4, 0.5) is 0 Å². The van der Waals surface area contributed by atoms with Crippen LogP contribution >= 0.6 is 11.6 Å². The molecule has 10 heteroatoms. The molecule has 0 atom stereocenters. The molecule has 1 amide bonds. The van der Waals surface area contributed by atoms with Crippen molar-refractivity contribution >= 4 is 27.5 Å². The van der Waals surface area contributed by atoms with Crippen LogP contribution in [0.15, 0.2) is 35.2 Å². The Morgan fingerprint density at radius 1 is 0.970 bits per heavy atom. The summed E-state index contributed by atoms with van der Waals surface area (Å²) in [4.78, 5) is 12.8. The van der Waals surface area contributed by atoms with Gasteiger partial charge in [0.1, 0.15) is 4.90 Å². The Labute approximate surface area is 199 Å². The number of rotatable bonds is 8. The van der Waals surface area contributed by atoms with Crippen LogP contribution in [-0.2, 0) is 16.6 Å². The summed E-state index contributed by atoms with van der Waals surface area (Å²) in [5.41, 5.74) is 0.935. The molecule has 1 heterocycles. The van der Waals surface area contributed by atoms with Crippen LogP contribution in [0.2, 0.25) is 5.02 Å². The average molecular weight is 497 g/mol. The van der Waals surface area contributed by atoms with Crippen LogP contribution in [0.25, 0.3) is 0 Å². The lowest BCUT2D eigenvalue weighted by molar-refractivity contribution is 0.0950. The van der Waals surface area contributed by atoms with E-state index in [2.05, 4.69) is 5.32 Å². The number of benzene rings is 2. The maximum Gasteiger partial charge on any atom is 0.251 e. The van der Waals surface area contributed by atoms with Crippen molar-refractivity contribution in [1.82, 2.24) is 9.62 Å². The zero-order chi connectivity index (χ0) is 24.0. The molecule has 1 fully saturated rings. The molecule has 0 bridgehead atoms. The second kappa shape index (κ2) is 11.1. The zero-order valence-corrected chi connectivity index (χ0v) is 20.6. The first-order valence-electron chi connectivity index (χ1n) is 10.7. The number of ether oxygens (including phenoxy) is 3. The quantitative estimate of drug-likeness (QED) is 0.596. The molecule has 1 N–H and O–H groups in total. The van der Waals surface area contributed by atoms with E-state index in [-0.39, 0.29) is 22.0 Å². The van der Waals surface area contributed by atoms with E-state index in [0.29, 0.717) is 30.3 Å². The van der Waals surface area contributed by atoms with Crippen LogP contribution in [0.5, 0.6) is 17.2 Å². The fourth-order valence-electron chi connectivity index (χ4n) is 3.79. The van der Waals surface area contributed by atoms with Gasteiger partial charge in [-0.2, -0.15) is 4.31 Å². The fourth-order valence-corrected chi connectivity index (χ4v) is 5.80. The molecule has 2 aromatic carbocycles. The molecule has 0 spiro atoms. The summed E-state index contributed by atoms with van der Waals surface area (Å²) in [5.74, 6) is 0.973. The van der Waals surface area contributed by atoms with Crippen LogP contribution in [0.3, 0.4) is 0 Å². The Morgan fingerprint density at radius 2 is 1.58 bits per heavy atom. The smallest absolute Gasteiger partial charge is 0.251 e. The number of hydrogen-bond donors (Lipinski definition) is 1. The number of halogens is 1. The predicted molar refractivity (Wildman–Crippen MR) is 126 cm³/mol. The Balaban J connectivity index is 1.80. The Hall–Kier alpha value is -2.49. The molecule has 0 aromatic heterocycles. The van der Waals surface area contributed by atoms with Crippen molar-refractivity contribution in [2.75, 3.05) is 34.4 Å². The second-order valence-electron chi connectivity index (χ2n) is 7.68. The Bertz CT molecular complexity index is 1070. The highest BCUT2D eigenvalue weighted by Crippen LogP contribution is 2.38. The number of carbonyl (C=O) groups excluding carboxylic acids is 1. The highest BCUT2D eigenvalue weighted by Gasteiger charge is 2.28. The number of hydrogen-bond acceptors (Lipinski definition) is 6. The molecule has 1 saturated heterocycles. The maximum atomic E-state index is 13.2. The molecule has 8 nitrogen and oxygen atoms in total. The normalized spacial score (nSPS) is 14.9. The van der Waals surface area contributed by atoms with Crippen molar-refractivity contribution in [3.63, 3.8) is 0 Å². The number of methoxy groups -OCH3 is 3. The van der Waals surface area contributed by atoms with E-state index in [4.69, 9.17) is 25.8 Å². The number of amides is 1. The van der Waals surface area contributed by atoms with E-state index in [1.54, 1.807) is 12.1 Å². The first kappa shape index (κ1) is 25.1. The molecule has 2 aromatic rings. The Morgan fingerprint density at radius 3 is 2.12 bits per heavy atom. The van der Waals surface area contributed by atoms with Gasteiger partial charge in [-0.3, -0.25) is 4.79 Å². The van der Waals surface area contributed by atoms with Gasteiger partial charge in [-0.05, 0) is 48.7 Å². The van der Waals surface area contributed by atoms with Crippen molar-refractivity contribution in [2.45, 2.75) is 37.1 Å². The van der Waals surface area contributed by atoms with Gasteiger partial charge in [0.2, 0.25) is 15.8 Å². The van der Waals surface area contributed by atoms with Crippen molar-refractivity contribution < 1.29 is 27.4 Å². The van der Waals surface area contributed by atoms with Crippen LogP contribution in [0.1, 0.15) is 41.6 Å². The van der Waals surface area contributed by atoms with Crippen molar-refractivity contribution in [1.29, 1.82) is 0 Å². The lowest BCUT2D eigenvalue weighted by atomic mass is 10.1. The predicted octanol–water partition coefficient (Wildman–Crippen LogP) is 3.86. The molecule has 0 saturated carbocycles. The lowest BCUT2D eigenvalue weighted by Crippen LogP contribution is -2.32. The van der Waals surface area contributed by atoms with E-state index in [1.807, 2.05) is 0 Å². The summed E-state index contributed by atoms with van der Waals surface area (Å²) in [6.45, 7) is 1.08. The van der Waals surface area contributed by atoms with Gasteiger partial charge in [-0.1, -0.05) is 24.4 Å². The maximum absolute atomic E-state index is 13.2. The molecule has 0 aliphatic carbocycles. The van der Waals surface area contributed by atoms with Crippen molar-refractivity contribution in [3.8, 4) is 17.2 Å². The minimum absolute atomic E-state index is 0.0495.